The molecule has 0 spiro atoms. The molecule has 0 heterocycles. The summed E-state index contributed by atoms with van der Waals surface area (Å²) in [5, 5.41) is 2.74. The highest BCUT2D eigenvalue weighted by molar-refractivity contribution is 6.76. The van der Waals surface area contributed by atoms with Gasteiger partial charge < -0.3 is 14.8 Å². The first-order chi connectivity index (χ1) is 9.35. The molecule has 0 aromatic rings. The molecule has 6 heteroatoms. The second-order valence-corrected chi connectivity index (χ2v) is 11.7. The summed E-state index contributed by atoms with van der Waals surface area (Å²) in [4.78, 5) is 22.2. The highest BCUT2D eigenvalue weighted by Crippen LogP contribution is 2.07. The molecule has 0 unspecified atom stereocenters. The van der Waals surface area contributed by atoms with E-state index in [1.165, 1.54) is 7.11 Å². The highest BCUT2D eigenvalue weighted by atomic mass is 28.3. The highest BCUT2D eigenvalue weighted by Gasteiger charge is 2.13. The van der Waals surface area contributed by atoms with Gasteiger partial charge in [0.2, 0.25) is 0 Å². The van der Waals surface area contributed by atoms with Gasteiger partial charge in [-0.05, 0) is 18.9 Å². The minimum absolute atomic E-state index is 0.158. The first-order valence-electron chi connectivity index (χ1n) is 7.32. The molecule has 20 heavy (non-hydrogen) atoms. The van der Waals surface area contributed by atoms with Crippen molar-refractivity contribution < 1.29 is 19.1 Å². The molecule has 0 aromatic heterocycles. The van der Waals surface area contributed by atoms with E-state index in [4.69, 9.17) is 4.74 Å². The van der Waals surface area contributed by atoms with Crippen molar-refractivity contribution in [2.45, 2.75) is 57.8 Å². The van der Waals surface area contributed by atoms with Crippen molar-refractivity contribution in [3.05, 3.63) is 0 Å². The lowest BCUT2D eigenvalue weighted by Crippen LogP contribution is -2.28. The Morgan fingerprint density at radius 2 is 1.70 bits per heavy atom. The van der Waals surface area contributed by atoms with E-state index in [0.717, 1.165) is 31.7 Å². The van der Waals surface area contributed by atoms with Gasteiger partial charge in [0.25, 0.3) is 0 Å². The molecular formula is C14H29NO4Si. The zero-order chi connectivity index (χ0) is 15.4. The Hall–Kier alpha value is -1.04. The summed E-state index contributed by atoms with van der Waals surface area (Å²) in [5.41, 5.74) is 0. The van der Waals surface area contributed by atoms with Crippen molar-refractivity contribution in [3.8, 4) is 0 Å². The Labute approximate surface area is 123 Å². The summed E-state index contributed by atoms with van der Waals surface area (Å²) in [6.45, 7) is 7.90. The zero-order valence-electron chi connectivity index (χ0n) is 13.3. The number of hydrogen-bond donors (Lipinski definition) is 1. The Morgan fingerprint density at radius 3 is 2.30 bits per heavy atom. The van der Waals surface area contributed by atoms with Gasteiger partial charge in [-0.15, -0.1) is 0 Å². The van der Waals surface area contributed by atoms with Crippen molar-refractivity contribution in [3.63, 3.8) is 0 Å². The van der Waals surface area contributed by atoms with Crippen LogP contribution in [0.2, 0.25) is 25.7 Å². The Balaban J connectivity index is 3.34. The van der Waals surface area contributed by atoms with E-state index >= 15 is 0 Å². The maximum Gasteiger partial charge on any atom is 0.407 e. The molecule has 118 valence electrons. The zero-order valence-corrected chi connectivity index (χ0v) is 14.3. The summed E-state index contributed by atoms with van der Waals surface area (Å²) >= 11 is 0. The summed E-state index contributed by atoms with van der Waals surface area (Å²) in [7, 11) is 0.270. The van der Waals surface area contributed by atoms with Gasteiger partial charge in [0.1, 0.15) is 0 Å². The summed E-state index contributed by atoms with van der Waals surface area (Å²) < 4.78 is 9.68. The fourth-order valence-corrected chi connectivity index (χ4v) is 2.26. The van der Waals surface area contributed by atoms with Crippen molar-refractivity contribution in [2.24, 2.45) is 0 Å². The van der Waals surface area contributed by atoms with E-state index < -0.39 is 8.07 Å². The molecule has 0 radical (unpaired) electrons. The van der Waals surface area contributed by atoms with E-state index in [1.54, 1.807) is 0 Å². The van der Waals surface area contributed by atoms with Crippen LogP contribution in [-0.2, 0) is 14.3 Å². The number of hydrogen-bond acceptors (Lipinski definition) is 4. The Kier molecular flexibility index (Phi) is 10.2. The fourth-order valence-electron chi connectivity index (χ4n) is 1.54. The number of carbonyl (C=O) groups excluding carboxylic acids is 2. The number of ether oxygens (including phenoxy) is 2. The van der Waals surface area contributed by atoms with Gasteiger partial charge in [-0.2, -0.15) is 0 Å². The molecule has 0 atom stereocenters. The second kappa shape index (κ2) is 10.7. The quantitative estimate of drug-likeness (QED) is 0.382. The van der Waals surface area contributed by atoms with Gasteiger partial charge in [0.15, 0.2) is 0 Å². The lowest BCUT2D eigenvalue weighted by atomic mass is 10.1. The Bertz CT molecular complexity index is 289. The Morgan fingerprint density at radius 1 is 1.05 bits per heavy atom. The van der Waals surface area contributed by atoms with Crippen LogP contribution >= 0.6 is 0 Å². The van der Waals surface area contributed by atoms with Crippen molar-refractivity contribution in [1.29, 1.82) is 0 Å². The molecule has 0 aromatic carbocycles. The molecule has 0 aliphatic rings. The van der Waals surface area contributed by atoms with Crippen LogP contribution in [0.15, 0.2) is 0 Å². The van der Waals surface area contributed by atoms with Crippen LogP contribution in [0.5, 0.6) is 0 Å². The number of alkyl carbamates (subject to hydrolysis) is 1. The average Bonchev–Trinajstić information content (AvgIpc) is 2.35. The predicted octanol–water partition coefficient (Wildman–Crippen LogP) is 3.17. The molecule has 0 aliphatic carbocycles. The van der Waals surface area contributed by atoms with Crippen LogP contribution in [-0.4, -0.2) is 40.4 Å². The minimum atomic E-state index is -1.13. The maximum absolute atomic E-state index is 11.4. The molecule has 0 bridgehead atoms. The number of methoxy groups -OCH3 is 1. The van der Waals surface area contributed by atoms with Crippen LogP contribution in [0.3, 0.4) is 0 Å². The van der Waals surface area contributed by atoms with Crippen molar-refractivity contribution in [1.82, 2.24) is 5.32 Å². The summed E-state index contributed by atoms with van der Waals surface area (Å²) in [6, 6.07) is 0.994. The minimum Gasteiger partial charge on any atom is -0.469 e. The number of nitrogens with one attached hydrogen (secondary N) is 1. The van der Waals surface area contributed by atoms with Crippen LogP contribution in [0, 0.1) is 0 Å². The average molecular weight is 303 g/mol. The molecule has 0 saturated carbocycles. The molecule has 0 aliphatic heterocycles. The molecule has 0 saturated heterocycles. The van der Waals surface area contributed by atoms with E-state index in [9.17, 15) is 9.59 Å². The van der Waals surface area contributed by atoms with Crippen LogP contribution in [0.1, 0.15) is 32.1 Å². The second-order valence-electron chi connectivity index (χ2n) is 6.11. The van der Waals surface area contributed by atoms with Gasteiger partial charge in [-0.25, -0.2) is 4.79 Å². The van der Waals surface area contributed by atoms with Gasteiger partial charge in [-0.3, -0.25) is 4.79 Å². The topological polar surface area (TPSA) is 64.6 Å². The summed E-state index contributed by atoms with van der Waals surface area (Å²) in [6.07, 6.45) is 3.87. The van der Waals surface area contributed by atoms with Crippen LogP contribution in [0.4, 0.5) is 4.79 Å². The maximum atomic E-state index is 11.4. The third kappa shape index (κ3) is 13.4. The number of carbonyl (C=O) groups is 2. The fraction of sp³-hybridized carbons (Fsp3) is 0.857. The van der Waals surface area contributed by atoms with Gasteiger partial charge >= 0.3 is 12.1 Å². The molecule has 0 fully saturated rings. The normalized spacial score (nSPS) is 11.0. The first-order valence-corrected chi connectivity index (χ1v) is 11.0. The smallest absolute Gasteiger partial charge is 0.407 e. The first kappa shape index (κ1) is 19.0. The monoisotopic (exact) mass is 303 g/mol. The van der Waals surface area contributed by atoms with E-state index in [0.29, 0.717) is 19.6 Å². The van der Waals surface area contributed by atoms with Crippen LogP contribution in [0.25, 0.3) is 0 Å². The molecule has 1 N–H and O–H groups in total. The van der Waals surface area contributed by atoms with Gasteiger partial charge in [0, 0.05) is 21.0 Å². The predicted molar refractivity (Wildman–Crippen MR) is 82.6 cm³/mol. The van der Waals surface area contributed by atoms with Crippen molar-refractivity contribution in [2.75, 3.05) is 20.3 Å². The molecular weight excluding hydrogens is 274 g/mol. The van der Waals surface area contributed by atoms with E-state index in [-0.39, 0.29) is 12.1 Å². The van der Waals surface area contributed by atoms with Gasteiger partial charge in [-0.1, -0.05) is 32.5 Å². The van der Waals surface area contributed by atoms with E-state index in [2.05, 4.69) is 29.7 Å². The lowest BCUT2D eigenvalue weighted by Gasteiger charge is -2.15. The molecule has 0 rings (SSSR count). The number of unbranched alkanes of at least 4 members (excludes halogenated alkanes) is 3. The third-order valence-corrected chi connectivity index (χ3v) is 4.59. The standard InChI is InChI=1S/C14H29NO4Si/c1-18-13(16)9-7-5-6-8-10-15-14(17)19-11-12-20(2,3)4/h5-12H2,1-4H3,(H,15,17). The van der Waals surface area contributed by atoms with E-state index in [1.807, 2.05) is 0 Å². The lowest BCUT2D eigenvalue weighted by molar-refractivity contribution is -0.140. The van der Waals surface area contributed by atoms with Crippen molar-refractivity contribution >= 4 is 20.1 Å². The number of rotatable bonds is 10. The molecule has 1 amide bonds. The number of amides is 1. The van der Waals surface area contributed by atoms with Gasteiger partial charge in [0.05, 0.1) is 13.7 Å². The SMILES string of the molecule is COC(=O)CCCCCCNC(=O)OCC[Si](C)(C)C. The largest absolute Gasteiger partial charge is 0.469 e. The van der Waals surface area contributed by atoms with Crippen LogP contribution < -0.4 is 5.32 Å². The summed E-state index contributed by atoms with van der Waals surface area (Å²) in [5.74, 6) is -0.158. The molecule has 5 nitrogen and oxygen atoms in total. The third-order valence-electron chi connectivity index (χ3n) is 2.89. The number of esters is 1.